The fraction of sp³-hybridized carbons (Fsp3) is 0.857. The Bertz CT molecular complexity index is 339. The molecule has 0 aliphatic carbocycles. The molecule has 0 bridgehead atoms. The van der Waals surface area contributed by atoms with Gasteiger partial charge < -0.3 is 20.6 Å². The summed E-state index contributed by atoms with van der Waals surface area (Å²) in [7, 11) is 0. The fourth-order valence-electron chi connectivity index (χ4n) is 2.15. The minimum absolute atomic E-state index is 0. The van der Waals surface area contributed by atoms with Gasteiger partial charge in [0.25, 0.3) is 0 Å². The van der Waals surface area contributed by atoms with Gasteiger partial charge in [-0.1, -0.05) is 13.8 Å². The quantitative estimate of drug-likeness (QED) is 0.343. The van der Waals surface area contributed by atoms with Crippen LogP contribution in [0.3, 0.4) is 0 Å². The monoisotopic (exact) mass is 412 g/mol. The molecule has 1 fully saturated rings. The number of nitrogens with zero attached hydrogens (tertiary/aromatic N) is 2. The van der Waals surface area contributed by atoms with Gasteiger partial charge >= 0.3 is 0 Å². The lowest BCUT2D eigenvalue weighted by Gasteiger charge is -2.19. The average Bonchev–Trinajstić information content (AvgIpc) is 2.92. The van der Waals surface area contributed by atoms with E-state index in [1.54, 1.807) is 0 Å². The molecule has 1 amide bonds. The minimum Gasteiger partial charge on any atom is -0.396 e. The number of nitrogens with one attached hydrogen (secondary N) is 2. The number of carbonyl (C=O) groups is 1. The first-order valence-corrected chi connectivity index (χ1v) is 7.54. The van der Waals surface area contributed by atoms with Crippen LogP contribution in [0.5, 0.6) is 0 Å². The predicted octanol–water partition coefficient (Wildman–Crippen LogP) is 0.799. The highest BCUT2D eigenvalue weighted by molar-refractivity contribution is 14.0. The molecule has 21 heavy (non-hydrogen) atoms. The van der Waals surface area contributed by atoms with Gasteiger partial charge in [-0.25, -0.2) is 0 Å². The summed E-state index contributed by atoms with van der Waals surface area (Å²) in [6, 6.07) is 0.257. The highest BCUT2D eigenvalue weighted by Gasteiger charge is 2.25. The highest BCUT2D eigenvalue weighted by Crippen LogP contribution is 2.10. The van der Waals surface area contributed by atoms with Gasteiger partial charge in [-0.3, -0.25) is 9.79 Å². The fourth-order valence-corrected chi connectivity index (χ4v) is 2.15. The molecule has 124 valence electrons. The lowest BCUT2D eigenvalue weighted by Crippen LogP contribution is -2.45. The third-order valence-corrected chi connectivity index (χ3v) is 3.40. The largest absolute Gasteiger partial charge is 0.396 e. The van der Waals surface area contributed by atoms with E-state index in [4.69, 9.17) is 5.11 Å². The highest BCUT2D eigenvalue weighted by atomic mass is 127. The molecule has 0 spiro atoms. The number of hydrogen-bond donors (Lipinski definition) is 3. The number of amides is 1. The topological polar surface area (TPSA) is 77.0 Å². The van der Waals surface area contributed by atoms with Crippen LogP contribution < -0.4 is 10.6 Å². The standard InChI is InChI=1S/C14H28N4O2.HI/c1-4-13(20)18-7-6-12(9-18)17-14(15-5-2)16-8-11(3)10-19;/h11-12,19H,4-10H2,1-3H3,(H2,15,16,17);1H. The van der Waals surface area contributed by atoms with Crippen LogP contribution in [-0.2, 0) is 4.79 Å². The molecular weight excluding hydrogens is 383 g/mol. The van der Waals surface area contributed by atoms with E-state index >= 15 is 0 Å². The number of guanidine groups is 1. The van der Waals surface area contributed by atoms with Crippen LogP contribution in [-0.4, -0.2) is 60.7 Å². The molecule has 2 unspecified atom stereocenters. The number of halogens is 1. The Hall–Kier alpha value is -0.570. The van der Waals surface area contributed by atoms with E-state index in [0.717, 1.165) is 32.0 Å². The summed E-state index contributed by atoms with van der Waals surface area (Å²) < 4.78 is 0. The van der Waals surface area contributed by atoms with E-state index in [1.165, 1.54) is 0 Å². The number of aliphatic imine (C=N–C) groups is 1. The SMILES string of the molecule is CCNC(=NCC(C)CO)NC1CCN(C(=O)CC)C1.I. The molecule has 0 radical (unpaired) electrons. The second-order valence-electron chi connectivity index (χ2n) is 5.33. The van der Waals surface area contributed by atoms with Crippen molar-refractivity contribution in [1.29, 1.82) is 0 Å². The number of carbonyl (C=O) groups excluding carboxylic acids is 1. The lowest BCUT2D eigenvalue weighted by molar-refractivity contribution is -0.129. The molecule has 6 nitrogen and oxygen atoms in total. The molecule has 1 aliphatic rings. The third-order valence-electron chi connectivity index (χ3n) is 3.40. The summed E-state index contributed by atoms with van der Waals surface area (Å²) >= 11 is 0. The van der Waals surface area contributed by atoms with E-state index in [2.05, 4.69) is 15.6 Å². The van der Waals surface area contributed by atoms with Gasteiger partial charge in [0.1, 0.15) is 0 Å². The van der Waals surface area contributed by atoms with Crippen molar-refractivity contribution in [2.45, 2.75) is 39.7 Å². The van der Waals surface area contributed by atoms with Crippen molar-refractivity contribution in [3.63, 3.8) is 0 Å². The van der Waals surface area contributed by atoms with Gasteiger partial charge in [0.05, 0.1) is 0 Å². The van der Waals surface area contributed by atoms with E-state index < -0.39 is 0 Å². The minimum atomic E-state index is 0. The Morgan fingerprint density at radius 2 is 2.19 bits per heavy atom. The Morgan fingerprint density at radius 1 is 1.48 bits per heavy atom. The van der Waals surface area contributed by atoms with Crippen molar-refractivity contribution in [3.8, 4) is 0 Å². The number of aliphatic hydroxyl groups is 1. The first-order valence-electron chi connectivity index (χ1n) is 7.54. The molecule has 2 atom stereocenters. The first kappa shape index (κ1) is 20.4. The van der Waals surface area contributed by atoms with Crippen LogP contribution in [0, 0.1) is 5.92 Å². The normalized spacial score (nSPS) is 19.9. The third kappa shape index (κ3) is 7.30. The zero-order valence-electron chi connectivity index (χ0n) is 13.3. The molecule has 0 aromatic rings. The molecular formula is C14H29IN4O2. The summed E-state index contributed by atoms with van der Waals surface area (Å²) in [5.74, 6) is 1.14. The summed E-state index contributed by atoms with van der Waals surface area (Å²) in [6.45, 7) is 8.97. The first-order chi connectivity index (χ1) is 9.60. The molecule has 0 saturated carbocycles. The molecule has 1 heterocycles. The summed E-state index contributed by atoms with van der Waals surface area (Å²) in [6.07, 6.45) is 1.51. The van der Waals surface area contributed by atoms with Gasteiger partial charge in [-0.05, 0) is 19.3 Å². The number of rotatable bonds is 6. The van der Waals surface area contributed by atoms with E-state index in [0.29, 0.717) is 13.0 Å². The van der Waals surface area contributed by atoms with Gasteiger partial charge in [0.2, 0.25) is 5.91 Å². The van der Waals surface area contributed by atoms with E-state index in [9.17, 15) is 4.79 Å². The zero-order valence-corrected chi connectivity index (χ0v) is 15.6. The Balaban J connectivity index is 0.00000400. The van der Waals surface area contributed by atoms with Crippen LogP contribution in [0.15, 0.2) is 4.99 Å². The lowest BCUT2D eigenvalue weighted by atomic mass is 10.2. The van der Waals surface area contributed by atoms with Crippen LogP contribution in [0.1, 0.15) is 33.6 Å². The molecule has 1 saturated heterocycles. The number of likely N-dealkylation sites (tertiary alicyclic amines) is 1. The molecule has 1 rings (SSSR count). The van der Waals surface area contributed by atoms with Gasteiger partial charge in [-0.15, -0.1) is 24.0 Å². The van der Waals surface area contributed by atoms with Crippen LogP contribution >= 0.6 is 24.0 Å². The maximum atomic E-state index is 11.6. The molecule has 0 aromatic carbocycles. The zero-order chi connectivity index (χ0) is 15.0. The average molecular weight is 412 g/mol. The number of aliphatic hydroxyl groups excluding tert-OH is 1. The number of hydrogen-bond acceptors (Lipinski definition) is 3. The van der Waals surface area contributed by atoms with E-state index in [-0.39, 0.29) is 48.5 Å². The summed E-state index contributed by atoms with van der Waals surface area (Å²) in [4.78, 5) is 18.0. The van der Waals surface area contributed by atoms with Crippen molar-refractivity contribution >= 4 is 35.8 Å². The molecule has 1 aliphatic heterocycles. The second-order valence-corrected chi connectivity index (χ2v) is 5.33. The van der Waals surface area contributed by atoms with Crippen LogP contribution in [0.2, 0.25) is 0 Å². The van der Waals surface area contributed by atoms with Gasteiger partial charge in [-0.2, -0.15) is 0 Å². The van der Waals surface area contributed by atoms with Crippen LogP contribution in [0.25, 0.3) is 0 Å². The van der Waals surface area contributed by atoms with E-state index in [1.807, 2.05) is 25.7 Å². The van der Waals surface area contributed by atoms with Crippen molar-refractivity contribution in [2.24, 2.45) is 10.9 Å². The van der Waals surface area contributed by atoms with Crippen molar-refractivity contribution < 1.29 is 9.90 Å². The Kier molecular flexibility index (Phi) is 10.8. The second kappa shape index (κ2) is 11.1. The van der Waals surface area contributed by atoms with Crippen molar-refractivity contribution in [3.05, 3.63) is 0 Å². The van der Waals surface area contributed by atoms with Gasteiger partial charge in [0, 0.05) is 45.2 Å². The van der Waals surface area contributed by atoms with Crippen LogP contribution in [0.4, 0.5) is 0 Å². The summed E-state index contributed by atoms with van der Waals surface area (Å²) in [5.41, 5.74) is 0. The molecule has 7 heteroatoms. The molecule has 0 aromatic heterocycles. The molecule has 3 N–H and O–H groups in total. The maximum absolute atomic E-state index is 11.6. The predicted molar refractivity (Wildman–Crippen MR) is 96.1 cm³/mol. The van der Waals surface area contributed by atoms with Gasteiger partial charge in [0.15, 0.2) is 5.96 Å². The Morgan fingerprint density at radius 3 is 2.76 bits per heavy atom. The summed E-state index contributed by atoms with van der Waals surface area (Å²) in [5, 5.41) is 15.6. The Labute approximate surface area is 144 Å². The maximum Gasteiger partial charge on any atom is 0.222 e. The van der Waals surface area contributed by atoms with Crippen molar-refractivity contribution in [1.82, 2.24) is 15.5 Å². The van der Waals surface area contributed by atoms with Crippen molar-refractivity contribution in [2.75, 3.05) is 32.8 Å². The smallest absolute Gasteiger partial charge is 0.222 e.